The van der Waals surface area contributed by atoms with Gasteiger partial charge in [0, 0.05) is 61.5 Å². The molecule has 1 amide bonds. The Morgan fingerprint density at radius 2 is 1.87 bits per heavy atom. The van der Waals surface area contributed by atoms with Gasteiger partial charge in [0.05, 0.1) is 35.3 Å². The number of fused-ring (bicyclic) bond motifs is 2. The van der Waals surface area contributed by atoms with E-state index in [-0.39, 0.29) is 43.1 Å². The molecule has 4 aromatic heterocycles. The Morgan fingerprint density at radius 1 is 1.09 bits per heavy atom. The van der Waals surface area contributed by atoms with Gasteiger partial charge in [0.15, 0.2) is 0 Å². The molecule has 2 fully saturated rings. The first-order valence-corrected chi connectivity index (χ1v) is 14.6. The standard InChI is InChI=1S/C32H36N8O2.3ClH/c1-21(2)25-7-4-6-23(35-25)16-40-27-9-5-8-26(30(27)22(3)37-40)36-31(41)28-15-34-29-14-24(10-11-39(28)29)42-13-12-38-19-32(20-38)17-33-18-32;;;/h4-11,14-15,21,33H,12-13,16-20H2,1-3H3,(H,36,41);3*1H. The Labute approximate surface area is 281 Å². The first-order valence-electron chi connectivity index (χ1n) is 14.6. The highest BCUT2D eigenvalue weighted by molar-refractivity contribution is 6.08. The van der Waals surface area contributed by atoms with Crippen LogP contribution >= 0.6 is 37.2 Å². The number of imidazole rings is 1. The minimum absolute atomic E-state index is 0. The lowest BCUT2D eigenvalue weighted by atomic mass is 9.74. The zero-order valence-electron chi connectivity index (χ0n) is 25.5. The van der Waals surface area contributed by atoms with Crippen molar-refractivity contribution in [2.75, 3.05) is 44.6 Å². The van der Waals surface area contributed by atoms with E-state index in [1.807, 2.05) is 60.3 Å². The largest absolute Gasteiger partial charge is 0.492 e. The molecule has 0 radical (unpaired) electrons. The van der Waals surface area contributed by atoms with E-state index in [1.54, 1.807) is 10.6 Å². The number of aromatic nitrogens is 5. The minimum Gasteiger partial charge on any atom is -0.492 e. The number of anilines is 1. The van der Waals surface area contributed by atoms with Crippen molar-refractivity contribution in [3.63, 3.8) is 0 Å². The second-order valence-corrected chi connectivity index (χ2v) is 12.0. The molecule has 2 saturated heterocycles. The van der Waals surface area contributed by atoms with E-state index in [1.165, 1.54) is 0 Å². The fraction of sp³-hybridized carbons (Fsp3) is 0.375. The molecule has 45 heavy (non-hydrogen) atoms. The van der Waals surface area contributed by atoms with Gasteiger partial charge in [-0.3, -0.25) is 23.8 Å². The van der Waals surface area contributed by atoms with Crippen LogP contribution in [0.5, 0.6) is 5.75 Å². The number of halogens is 3. The number of carbonyl (C=O) groups is 1. The number of pyridine rings is 2. The fourth-order valence-corrected chi connectivity index (χ4v) is 6.17. The number of nitrogens with zero attached hydrogens (tertiary/aromatic N) is 6. The number of hydrogen-bond donors (Lipinski definition) is 2. The van der Waals surface area contributed by atoms with E-state index in [0.29, 0.717) is 41.5 Å². The molecular formula is C32H39Cl3N8O2. The third-order valence-electron chi connectivity index (χ3n) is 8.44. The lowest BCUT2D eigenvalue weighted by molar-refractivity contribution is -0.0440. The molecule has 2 N–H and O–H groups in total. The summed E-state index contributed by atoms with van der Waals surface area (Å²) >= 11 is 0. The number of aryl methyl sites for hydroxylation is 1. The molecule has 10 nitrogen and oxygen atoms in total. The maximum Gasteiger partial charge on any atom is 0.274 e. The van der Waals surface area contributed by atoms with Crippen LogP contribution in [0.15, 0.2) is 60.9 Å². The van der Waals surface area contributed by atoms with Crippen LogP contribution in [0.4, 0.5) is 5.69 Å². The predicted molar refractivity (Wildman–Crippen MR) is 184 cm³/mol. The normalized spacial score (nSPS) is 15.1. The molecule has 0 unspecified atom stereocenters. The molecule has 2 aliphatic rings. The average molecular weight is 674 g/mol. The SMILES string of the molecule is Cc1nn(Cc2cccc(C(C)C)n2)c2cccc(NC(=O)c3cnc4cc(OCCN5CC6(CNC6)C5)ccn34)c12.Cl.Cl.Cl. The van der Waals surface area contributed by atoms with Gasteiger partial charge in [0.2, 0.25) is 0 Å². The monoisotopic (exact) mass is 672 g/mol. The Hall–Kier alpha value is -3.41. The average Bonchev–Trinajstić information content (AvgIpc) is 3.50. The number of rotatable bonds is 9. The van der Waals surface area contributed by atoms with E-state index in [4.69, 9.17) is 14.8 Å². The van der Waals surface area contributed by atoms with Gasteiger partial charge >= 0.3 is 0 Å². The van der Waals surface area contributed by atoms with Crippen molar-refractivity contribution in [1.82, 2.24) is 34.4 Å². The predicted octanol–water partition coefficient (Wildman–Crippen LogP) is 5.36. The molecule has 7 rings (SSSR count). The van der Waals surface area contributed by atoms with Crippen LogP contribution in [0.1, 0.15) is 47.3 Å². The first-order chi connectivity index (χ1) is 20.4. The number of amides is 1. The Morgan fingerprint density at radius 3 is 2.60 bits per heavy atom. The van der Waals surface area contributed by atoms with Crippen molar-refractivity contribution in [3.8, 4) is 5.75 Å². The van der Waals surface area contributed by atoms with Crippen molar-refractivity contribution in [2.45, 2.75) is 33.2 Å². The van der Waals surface area contributed by atoms with Crippen molar-refractivity contribution < 1.29 is 9.53 Å². The first kappa shape index (κ1) is 34.5. The van der Waals surface area contributed by atoms with Crippen LogP contribution in [0, 0.1) is 12.3 Å². The number of hydrogen-bond acceptors (Lipinski definition) is 7. The zero-order chi connectivity index (χ0) is 28.8. The van der Waals surface area contributed by atoms with Crippen LogP contribution in [0.2, 0.25) is 0 Å². The van der Waals surface area contributed by atoms with Crippen LogP contribution < -0.4 is 15.4 Å². The van der Waals surface area contributed by atoms with Crippen LogP contribution in [0.25, 0.3) is 16.6 Å². The summed E-state index contributed by atoms with van der Waals surface area (Å²) in [5, 5.41) is 12.2. The van der Waals surface area contributed by atoms with E-state index in [2.05, 4.69) is 40.4 Å². The highest BCUT2D eigenvalue weighted by atomic mass is 35.5. The second kappa shape index (κ2) is 13.9. The van der Waals surface area contributed by atoms with Crippen molar-refractivity contribution in [2.24, 2.45) is 5.41 Å². The molecule has 0 bridgehead atoms. The molecule has 5 aromatic rings. The summed E-state index contributed by atoms with van der Waals surface area (Å²) in [4.78, 5) is 25.2. The maximum absolute atomic E-state index is 13.4. The smallest absolute Gasteiger partial charge is 0.274 e. The number of ether oxygens (including phenoxy) is 1. The summed E-state index contributed by atoms with van der Waals surface area (Å²) in [6.07, 6.45) is 3.44. The van der Waals surface area contributed by atoms with E-state index < -0.39 is 0 Å². The maximum atomic E-state index is 13.4. The van der Waals surface area contributed by atoms with Gasteiger partial charge in [-0.25, -0.2) is 4.98 Å². The van der Waals surface area contributed by atoms with Gasteiger partial charge in [0.25, 0.3) is 5.91 Å². The lowest BCUT2D eigenvalue weighted by Crippen LogP contribution is -2.71. The highest BCUT2D eigenvalue weighted by Gasteiger charge is 2.46. The molecule has 1 spiro atoms. The van der Waals surface area contributed by atoms with Crippen LogP contribution in [-0.2, 0) is 6.54 Å². The van der Waals surface area contributed by atoms with Crippen molar-refractivity contribution in [1.29, 1.82) is 0 Å². The molecular weight excluding hydrogens is 635 g/mol. The quantitative estimate of drug-likeness (QED) is 0.217. The van der Waals surface area contributed by atoms with Crippen molar-refractivity contribution in [3.05, 3.63) is 83.7 Å². The summed E-state index contributed by atoms with van der Waals surface area (Å²) in [7, 11) is 0. The van der Waals surface area contributed by atoms with Gasteiger partial charge < -0.3 is 15.4 Å². The van der Waals surface area contributed by atoms with Crippen molar-refractivity contribution >= 4 is 65.4 Å². The number of likely N-dealkylation sites (tertiary alicyclic amines) is 1. The molecule has 240 valence electrons. The van der Waals surface area contributed by atoms with Gasteiger partial charge in [-0.2, -0.15) is 5.10 Å². The third kappa shape index (κ3) is 6.76. The van der Waals surface area contributed by atoms with E-state index in [9.17, 15) is 4.79 Å². The lowest BCUT2D eigenvalue weighted by Gasteiger charge is -2.56. The topological polar surface area (TPSA) is 102 Å². The van der Waals surface area contributed by atoms with Gasteiger partial charge in [-0.05, 0) is 43.2 Å². The van der Waals surface area contributed by atoms with Gasteiger partial charge in [-0.1, -0.05) is 26.0 Å². The highest BCUT2D eigenvalue weighted by Crippen LogP contribution is 2.33. The van der Waals surface area contributed by atoms with E-state index >= 15 is 0 Å². The molecule has 0 aliphatic carbocycles. The molecule has 0 saturated carbocycles. The molecule has 13 heteroatoms. The van der Waals surface area contributed by atoms with Gasteiger partial charge in [-0.15, -0.1) is 37.2 Å². The second-order valence-electron chi connectivity index (χ2n) is 12.0. The summed E-state index contributed by atoms with van der Waals surface area (Å²) in [5.41, 5.74) is 6.16. The van der Waals surface area contributed by atoms with E-state index in [0.717, 1.165) is 66.5 Å². The van der Waals surface area contributed by atoms with Gasteiger partial charge in [0.1, 0.15) is 23.7 Å². The molecule has 1 aromatic carbocycles. The third-order valence-corrected chi connectivity index (χ3v) is 8.44. The summed E-state index contributed by atoms with van der Waals surface area (Å²) in [6.45, 7) is 12.9. The summed E-state index contributed by atoms with van der Waals surface area (Å²) < 4.78 is 9.74. The molecule has 2 aliphatic heterocycles. The fourth-order valence-electron chi connectivity index (χ4n) is 6.17. The van der Waals surface area contributed by atoms with Crippen LogP contribution in [0.3, 0.4) is 0 Å². The Bertz CT molecular complexity index is 1790. The minimum atomic E-state index is -0.237. The molecule has 6 heterocycles. The Kier molecular flexibility index (Phi) is 10.7. The Balaban J connectivity index is 0.00000154. The molecule has 0 atom stereocenters. The number of nitrogens with one attached hydrogen (secondary N) is 2. The summed E-state index contributed by atoms with van der Waals surface area (Å²) in [5.74, 6) is 0.871. The zero-order valence-corrected chi connectivity index (χ0v) is 28.0. The number of benzene rings is 1. The van der Waals surface area contributed by atoms with Crippen LogP contribution in [-0.4, -0.2) is 74.3 Å². The number of carbonyl (C=O) groups excluding carboxylic acids is 1. The summed E-state index contributed by atoms with van der Waals surface area (Å²) in [6, 6.07) is 15.8.